The van der Waals surface area contributed by atoms with E-state index in [0.29, 0.717) is 54.2 Å². The zero-order chi connectivity index (χ0) is 24.9. The number of rotatable bonds is 6. The molecule has 9 nitrogen and oxygen atoms in total. The maximum atomic E-state index is 12.3. The van der Waals surface area contributed by atoms with Crippen molar-refractivity contribution in [3.05, 3.63) is 47.5 Å². The number of benzene rings is 2. The van der Waals surface area contributed by atoms with Crippen molar-refractivity contribution >= 4 is 28.8 Å². The van der Waals surface area contributed by atoms with Gasteiger partial charge in [0.05, 0.1) is 23.8 Å². The average Bonchev–Trinajstić information content (AvgIpc) is 3.28. The molecule has 182 valence electrons. The highest BCUT2D eigenvalue weighted by molar-refractivity contribution is 5.92. The molecule has 4 rings (SSSR count). The molecule has 2 aromatic carbocycles. The number of likely N-dealkylation sites (tertiary alicyclic amines) is 1. The molecule has 0 aliphatic carbocycles. The Morgan fingerprint density at radius 2 is 1.94 bits per heavy atom. The van der Waals surface area contributed by atoms with Crippen molar-refractivity contribution in [2.75, 3.05) is 25.0 Å². The third-order valence-electron chi connectivity index (χ3n) is 5.71. The number of hydrogen-bond acceptors (Lipinski definition) is 7. The molecule has 1 fully saturated rings. The van der Waals surface area contributed by atoms with E-state index in [2.05, 4.69) is 16.4 Å². The number of ether oxygens (including phenoxy) is 2. The minimum Gasteiger partial charge on any atom is -0.447 e. The molecule has 2 heterocycles. The summed E-state index contributed by atoms with van der Waals surface area (Å²) in [5.41, 5.74) is 4.06. The van der Waals surface area contributed by atoms with Crippen molar-refractivity contribution in [3.8, 4) is 17.5 Å². The number of hydrogen-bond donors (Lipinski definition) is 1. The Hall–Kier alpha value is -3.90. The zero-order valence-electron chi connectivity index (χ0n) is 20.0. The predicted octanol–water partition coefficient (Wildman–Crippen LogP) is 4.64. The minimum atomic E-state index is -0.306. The molecule has 0 atom stereocenters. The van der Waals surface area contributed by atoms with Crippen LogP contribution in [0.3, 0.4) is 0 Å². The lowest BCUT2D eigenvalue weighted by Gasteiger charge is -2.31. The lowest BCUT2D eigenvalue weighted by atomic mass is 10.1. The maximum absolute atomic E-state index is 12.3. The highest BCUT2D eigenvalue weighted by Gasteiger charge is 2.25. The molecule has 0 radical (unpaired) electrons. The van der Waals surface area contributed by atoms with Gasteiger partial charge < -0.3 is 24.1 Å². The maximum Gasteiger partial charge on any atom is 0.410 e. The van der Waals surface area contributed by atoms with Gasteiger partial charge in [-0.3, -0.25) is 4.79 Å². The lowest BCUT2D eigenvalue weighted by molar-refractivity contribution is -0.123. The number of amides is 2. The van der Waals surface area contributed by atoms with Gasteiger partial charge in [0.15, 0.2) is 5.58 Å². The Morgan fingerprint density at radius 1 is 1.23 bits per heavy atom. The van der Waals surface area contributed by atoms with Gasteiger partial charge in [0.2, 0.25) is 11.8 Å². The third kappa shape index (κ3) is 5.97. The van der Waals surface area contributed by atoms with E-state index in [9.17, 15) is 9.59 Å². The Labute approximate surface area is 203 Å². The smallest absolute Gasteiger partial charge is 0.410 e. The van der Waals surface area contributed by atoms with Gasteiger partial charge in [0, 0.05) is 24.3 Å². The molecule has 2 amide bonds. The van der Waals surface area contributed by atoms with E-state index in [1.54, 1.807) is 29.2 Å². The van der Waals surface area contributed by atoms with Crippen LogP contribution in [0.1, 0.15) is 37.8 Å². The fourth-order valence-corrected chi connectivity index (χ4v) is 3.96. The number of carbonyl (C=O) groups is 2. The van der Waals surface area contributed by atoms with Crippen LogP contribution < -0.4 is 5.32 Å². The Kier molecular flexibility index (Phi) is 7.32. The molecular weight excluding hydrogens is 448 g/mol. The first-order chi connectivity index (χ1) is 16.8. The Bertz CT molecular complexity index is 1250. The number of piperidine rings is 1. The van der Waals surface area contributed by atoms with Crippen LogP contribution >= 0.6 is 0 Å². The van der Waals surface area contributed by atoms with E-state index in [4.69, 9.17) is 19.2 Å². The molecule has 0 saturated carbocycles. The Balaban J connectivity index is 1.27. The van der Waals surface area contributed by atoms with Crippen LogP contribution in [0.5, 0.6) is 0 Å². The summed E-state index contributed by atoms with van der Waals surface area (Å²) in [5, 5.41) is 12.0. The summed E-state index contributed by atoms with van der Waals surface area (Å²) in [4.78, 5) is 30.5. The van der Waals surface area contributed by atoms with E-state index in [1.165, 1.54) is 0 Å². The molecule has 1 aliphatic heterocycles. The van der Waals surface area contributed by atoms with Gasteiger partial charge in [-0.15, -0.1) is 0 Å². The molecule has 1 N–H and O–H groups in total. The zero-order valence-corrected chi connectivity index (χ0v) is 20.0. The third-order valence-corrected chi connectivity index (χ3v) is 5.71. The second kappa shape index (κ2) is 10.6. The highest BCUT2D eigenvalue weighted by atomic mass is 16.6. The van der Waals surface area contributed by atoms with Crippen LogP contribution in [0.25, 0.3) is 22.6 Å². The van der Waals surface area contributed by atoms with E-state index in [-0.39, 0.29) is 30.8 Å². The van der Waals surface area contributed by atoms with Crippen molar-refractivity contribution in [2.24, 2.45) is 0 Å². The van der Waals surface area contributed by atoms with E-state index < -0.39 is 0 Å². The second-order valence-corrected chi connectivity index (χ2v) is 8.83. The van der Waals surface area contributed by atoms with Crippen molar-refractivity contribution in [1.29, 1.82) is 5.26 Å². The van der Waals surface area contributed by atoms with Crippen molar-refractivity contribution in [3.63, 3.8) is 0 Å². The first kappa shape index (κ1) is 24.2. The average molecular weight is 477 g/mol. The second-order valence-electron chi connectivity index (χ2n) is 8.83. The summed E-state index contributed by atoms with van der Waals surface area (Å²) in [7, 11) is 0. The van der Waals surface area contributed by atoms with Crippen LogP contribution in [0.4, 0.5) is 10.5 Å². The quantitative estimate of drug-likeness (QED) is 0.551. The standard InChI is InChI=1S/C26H28N4O5/c1-16(2)34-26(32)30-10-8-21(9-11-30)33-15-23(31)28-20-6-4-19(5-7-20)25-29-22-13-18(14-27)12-17(3)24(22)35-25/h4-7,12-13,16,21H,8-11,15H2,1-3H3,(H,28,31). The number of nitriles is 1. The summed E-state index contributed by atoms with van der Waals surface area (Å²) >= 11 is 0. The van der Waals surface area contributed by atoms with Gasteiger partial charge in [0.1, 0.15) is 12.1 Å². The van der Waals surface area contributed by atoms with Crippen molar-refractivity contribution in [2.45, 2.75) is 45.8 Å². The SMILES string of the molecule is Cc1cc(C#N)cc2nc(-c3ccc(NC(=O)COC4CCN(C(=O)OC(C)C)CC4)cc3)oc12. The summed E-state index contributed by atoms with van der Waals surface area (Å²) in [6, 6.07) is 12.8. The minimum absolute atomic E-state index is 0.0610. The highest BCUT2D eigenvalue weighted by Crippen LogP contribution is 2.28. The van der Waals surface area contributed by atoms with E-state index in [1.807, 2.05) is 32.9 Å². The van der Waals surface area contributed by atoms with Gasteiger partial charge >= 0.3 is 6.09 Å². The summed E-state index contributed by atoms with van der Waals surface area (Å²) < 4.78 is 16.9. The lowest BCUT2D eigenvalue weighted by Crippen LogP contribution is -2.42. The number of anilines is 1. The largest absolute Gasteiger partial charge is 0.447 e. The monoisotopic (exact) mass is 476 g/mol. The number of fused-ring (bicyclic) bond motifs is 1. The topological polar surface area (TPSA) is 118 Å². The number of nitrogens with one attached hydrogen (secondary N) is 1. The number of aromatic nitrogens is 1. The van der Waals surface area contributed by atoms with Gasteiger partial charge in [-0.2, -0.15) is 5.26 Å². The number of carbonyl (C=O) groups excluding carboxylic acids is 2. The van der Waals surface area contributed by atoms with Crippen molar-refractivity contribution < 1.29 is 23.5 Å². The van der Waals surface area contributed by atoms with E-state index in [0.717, 1.165) is 11.1 Å². The van der Waals surface area contributed by atoms with E-state index >= 15 is 0 Å². The molecule has 1 aliphatic rings. The Morgan fingerprint density at radius 3 is 2.60 bits per heavy atom. The normalized spacial score (nSPS) is 14.2. The molecule has 0 bridgehead atoms. The van der Waals surface area contributed by atoms with Crippen molar-refractivity contribution in [1.82, 2.24) is 9.88 Å². The van der Waals surface area contributed by atoms with Crippen LogP contribution in [0.2, 0.25) is 0 Å². The van der Waals surface area contributed by atoms with Gasteiger partial charge in [0.25, 0.3) is 0 Å². The fourth-order valence-electron chi connectivity index (χ4n) is 3.96. The summed E-state index contributed by atoms with van der Waals surface area (Å²) in [5.74, 6) is 0.198. The van der Waals surface area contributed by atoms with Crippen LogP contribution in [-0.2, 0) is 14.3 Å². The van der Waals surface area contributed by atoms with Gasteiger partial charge in [-0.1, -0.05) is 0 Å². The molecule has 3 aromatic rings. The fraction of sp³-hybridized carbons (Fsp3) is 0.385. The van der Waals surface area contributed by atoms with Crippen LogP contribution in [-0.4, -0.2) is 53.8 Å². The summed E-state index contributed by atoms with van der Waals surface area (Å²) in [6.07, 6.45) is 0.797. The molecule has 0 spiro atoms. The van der Waals surface area contributed by atoms with Crippen LogP contribution in [0.15, 0.2) is 40.8 Å². The molecule has 35 heavy (non-hydrogen) atoms. The predicted molar refractivity (Wildman–Crippen MR) is 130 cm³/mol. The summed E-state index contributed by atoms with van der Waals surface area (Å²) in [6.45, 7) is 6.56. The molecule has 9 heteroatoms. The molecular formula is C26H28N4O5. The first-order valence-corrected chi connectivity index (χ1v) is 11.6. The van der Waals surface area contributed by atoms with Gasteiger partial charge in [-0.25, -0.2) is 9.78 Å². The van der Waals surface area contributed by atoms with Gasteiger partial charge in [-0.05, 0) is 75.6 Å². The molecule has 0 unspecified atom stereocenters. The van der Waals surface area contributed by atoms with Crippen LogP contribution in [0, 0.1) is 18.3 Å². The number of aryl methyl sites for hydroxylation is 1. The molecule has 1 aromatic heterocycles. The number of oxazole rings is 1. The first-order valence-electron chi connectivity index (χ1n) is 11.6. The molecule has 1 saturated heterocycles. The number of nitrogens with zero attached hydrogens (tertiary/aromatic N) is 3.